The Kier molecular flexibility index (Phi) is 6.00. The summed E-state index contributed by atoms with van der Waals surface area (Å²) in [7, 11) is 0. The molecule has 1 aliphatic rings. The molecule has 0 fully saturated rings. The largest absolute Gasteiger partial charge is 0.491 e. The summed E-state index contributed by atoms with van der Waals surface area (Å²) < 4.78 is 12.1. The van der Waals surface area contributed by atoms with E-state index in [0.717, 1.165) is 17.0 Å². The number of primary amides is 1. The zero-order valence-electron chi connectivity index (χ0n) is 16.4. The number of nitrogens with two attached hydrogens (primary N) is 1. The van der Waals surface area contributed by atoms with E-state index in [1.807, 2.05) is 32.0 Å². The highest BCUT2D eigenvalue weighted by atomic mass is 16.5. The predicted octanol–water partition coefficient (Wildman–Crippen LogP) is 2.18. The Morgan fingerprint density at radius 1 is 1.38 bits per heavy atom. The van der Waals surface area contributed by atoms with Crippen molar-refractivity contribution < 1.29 is 19.2 Å². The van der Waals surface area contributed by atoms with Gasteiger partial charge in [0.2, 0.25) is 0 Å². The molecule has 0 spiro atoms. The van der Waals surface area contributed by atoms with Crippen molar-refractivity contribution in [3.05, 3.63) is 59.2 Å². The zero-order valence-corrected chi connectivity index (χ0v) is 16.4. The minimum absolute atomic E-state index is 0.0648. The molecule has 8 nitrogen and oxygen atoms in total. The van der Waals surface area contributed by atoms with Gasteiger partial charge in [-0.25, -0.2) is 4.68 Å². The summed E-state index contributed by atoms with van der Waals surface area (Å²) in [5.74, 6) is 6.62. The van der Waals surface area contributed by atoms with E-state index < -0.39 is 12.0 Å². The molecule has 1 aliphatic heterocycles. The molecule has 0 saturated carbocycles. The number of hydrogen-bond acceptors (Lipinski definition) is 6. The summed E-state index contributed by atoms with van der Waals surface area (Å²) in [5, 5.41) is 17.0. The second kappa shape index (κ2) is 8.63. The molecule has 8 heteroatoms. The van der Waals surface area contributed by atoms with Crippen LogP contribution in [0.1, 0.15) is 47.3 Å². The number of fused-ring (bicyclic) bond motifs is 3. The molecule has 29 heavy (non-hydrogen) atoms. The van der Waals surface area contributed by atoms with E-state index in [-0.39, 0.29) is 11.6 Å². The van der Waals surface area contributed by atoms with Crippen LogP contribution >= 0.6 is 0 Å². The van der Waals surface area contributed by atoms with E-state index in [4.69, 9.17) is 10.5 Å². The molecule has 0 bridgehead atoms. The van der Waals surface area contributed by atoms with Gasteiger partial charge in [-0.1, -0.05) is 23.9 Å². The molecule has 3 N–H and O–H groups in total. The Morgan fingerprint density at radius 2 is 2.17 bits per heavy atom. The quantitative estimate of drug-likeness (QED) is 0.611. The number of carbonyl (C=O) groups excluding carboxylic acids is 1. The van der Waals surface area contributed by atoms with Crippen molar-refractivity contribution in [1.82, 2.24) is 14.9 Å². The van der Waals surface area contributed by atoms with Crippen molar-refractivity contribution in [2.75, 3.05) is 6.61 Å². The number of ether oxygens (including phenoxy) is 1. The molecule has 2 atom stereocenters. The average Bonchev–Trinajstić information content (AvgIpc) is 3.32. The monoisotopic (exact) mass is 394 g/mol. The Labute approximate surface area is 168 Å². The van der Waals surface area contributed by atoms with E-state index in [0.29, 0.717) is 18.0 Å². The van der Waals surface area contributed by atoms with Gasteiger partial charge in [0, 0.05) is 17.5 Å². The number of aryl methyl sites for hydroxylation is 1. The molecule has 0 aliphatic carbocycles. The third-order valence-corrected chi connectivity index (χ3v) is 4.16. The van der Waals surface area contributed by atoms with Crippen LogP contribution in [0.5, 0.6) is 5.75 Å². The first-order valence-corrected chi connectivity index (χ1v) is 9.09. The lowest BCUT2D eigenvalue weighted by atomic mass is 10.1. The first-order chi connectivity index (χ1) is 13.8. The molecular formula is C21H22N4O4. The van der Waals surface area contributed by atoms with Crippen LogP contribution in [-0.2, 0) is 0 Å². The van der Waals surface area contributed by atoms with Crippen LogP contribution in [0.25, 0.3) is 5.69 Å². The van der Waals surface area contributed by atoms with Crippen LogP contribution in [0.15, 0.2) is 41.1 Å². The Bertz CT molecular complexity index is 1060. The summed E-state index contributed by atoms with van der Waals surface area (Å²) in [6.45, 7) is 5.94. The van der Waals surface area contributed by atoms with Gasteiger partial charge in [0.05, 0.1) is 18.5 Å². The third kappa shape index (κ3) is 4.83. The summed E-state index contributed by atoms with van der Waals surface area (Å²) in [5.41, 5.74) is 7.86. The first-order valence-electron chi connectivity index (χ1n) is 9.09. The molecule has 1 amide bonds. The van der Waals surface area contributed by atoms with Gasteiger partial charge in [-0.15, -0.1) is 0 Å². The SMILES string of the molecule is CC(O)C#Cc1ccc2c(c1)-n1nc(C(N)=O)cc1C(C)CO2.Cc1ccno1. The lowest BCUT2D eigenvalue weighted by Gasteiger charge is -2.08. The van der Waals surface area contributed by atoms with Crippen LogP contribution in [0, 0.1) is 18.8 Å². The van der Waals surface area contributed by atoms with Crippen LogP contribution in [0.4, 0.5) is 0 Å². The molecule has 1 aromatic carbocycles. The zero-order chi connectivity index (χ0) is 21.0. The lowest BCUT2D eigenvalue weighted by Crippen LogP contribution is -2.12. The van der Waals surface area contributed by atoms with Gasteiger partial charge in [-0.05, 0) is 38.1 Å². The van der Waals surface area contributed by atoms with E-state index in [1.54, 1.807) is 29.9 Å². The summed E-state index contributed by atoms with van der Waals surface area (Å²) in [6.07, 6.45) is 0.918. The van der Waals surface area contributed by atoms with Crippen molar-refractivity contribution in [1.29, 1.82) is 0 Å². The molecule has 3 aromatic rings. The van der Waals surface area contributed by atoms with E-state index in [9.17, 15) is 9.90 Å². The van der Waals surface area contributed by atoms with E-state index in [2.05, 4.69) is 26.6 Å². The van der Waals surface area contributed by atoms with Gasteiger partial charge in [0.1, 0.15) is 23.3 Å². The highest BCUT2D eigenvalue weighted by Crippen LogP contribution is 2.32. The Morgan fingerprint density at radius 3 is 2.76 bits per heavy atom. The van der Waals surface area contributed by atoms with Gasteiger partial charge in [0.25, 0.3) is 5.91 Å². The summed E-state index contributed by atoms with van der Waals surface area (Å²) in [4.78, 5) is 11.4. The van der Waals surface area contributed by atoms with Crippen LogP contribution < -0.4 is 10.5 Å². The molecule has 4 rings (SSSR count). The number of rotatable bonds is 1. The summed E-state index contributed by atoms with van der Waals surface area (Å²) in [6, 6.07) is 8.96. The molecule has 2 aromatic heterocycles. The fourth-order valence-corrected chi connectivity index (χ4v) is 2.71. The minimum atomic E-state index is -0.702. The topological polar surface area (TPSA) is 116 Å². The number of hydrogen-bond donors (Lipinski definition) is 2. The van der Waals surface area contributed by atoms with Crippen LogP contribution in [-0.4, -0.2) is 38.7 Å². The van der Waals surface area contributed by atoms with Crippen molar-refractivity contribution >= 4 is 5.91 Å². The highest BCUT2D eigenvalue weighted by Gasteiger charge is 2.24. The van der Waals surface area contributed by atoms with Crippen molar-refractivity contribution in [3.63, 3.8) is 0 Å². The average molecular weight is 394 g/mol. The lowest BCUT2D eigenvalue weighted by molar-refractivity contribution is 0.0995. The number of aliphatic hydroxyl groups excluding tert-OH is 1. The highest BCUT2D eigenvalue weighted by molar-refractivity contribution is 5.91. The fraction of sp³-hybridized carbons (Fsp3) is 0.286. The van der Waals surface area contributed by atoms with Crippen LogP contribution in [0.2, 0.25) is 0 Å². The van der Waals surface area contributed by atoms with Crippen molar-refractivity contribution in [3.8, 4) is 23.3 Å². The van der Waals surface area contributed by atoms with Crippen LogP contribution in [0.3, 0.4) is 0 Å². The van der Waals surface area contributed by atoms with Gasteiger partial charge in [0.15, 0.2) is 5.69 Å². The number of amides is 1. The third-order valence-electron chi connectivity index (χ3n) is 4.16. The number of nitrogens with zero attached hydrogens (tertiary/aromatic N) is 3. The van der Waals surface area contributed by atoms with Gasteiger partial charge in [-0.2, -0.15) is 5.10 Å². The Hall–Kier alpha value is -3.57. The fourth-order valence-electron chi connectivity index (χ4n) is 2.71. The second-order valence-corrected chi connectivity index (χ2v) is 6.69. The van der Waals surface area contributed by atoms with E-state index in [1.165, 1.54) is 0 Å². The van der Waals surface area contributed by atoms with Crippen molar-refractivity contribution in [2.24, 2.45) is 5.73 Å². The minimum Gasteiger partial charge on any atom is -0.491 e. The molecule has 0 saturated heterocycles. The van der Waals surface area contributed by atoms with Gasteiger partial charge >= 0.3 is 0 Å². The summed E-state index contributed by atoms with van der Waals surface area (Å²) >= 11 is 0. The number of aromatic nitrogens is 3. The molecule has 150 valence electrons. The molecule has 3 heterocycles. The maximum Gasteiger partial charge on any atom is 0.269 e. The van der Waals surface area contributed by atoms with E-state index >= 15 is 0 Å². The van der Waals surface area contributed by atoms with Gasteiger partial charge in [-0.3, -0.25) is 4.79 Å². The smallest absolute Gasteiger partial charge is 0.269 e. The second-order valence-electron chi connectivity index (χ2n) is 6.69. The maximum atomic E-state index is 11.4. The van der Waals surface area contributed by atoms with Gasteiger partial charge < -0.3 is 20.1 Å². The normalized spacial score (nSPS) is 15.2. The molecule has 0 radical (unpaired) electrons. The number of benzene rings is 1. The van der Waals surface area contributed by atoms with Crippen molar-refractivity contribution in [2.45, 2.75) is 32.8 Å². The molecular weight excluding hydrogens is 372 g/mol. The Balaban J connectivity index is 0.000000343. The predicted molar refractivity (Wildman–Crippen MR) is 106 cm³/mol. The number of aliphatic hydroxyl groups is 1. The standard InChI is InChI=1S/C17H17N3O3.C4H5NO/c1-10-9-23-16-6-5-12(4-3-11(2)21)7-15(16)20-14(10)8-13(19-20)17(18)22;1-4-2-3-5-6-4/h5-8,10-11,21H,9H2,1-2H3,(H2,18,22);2-3H,1H3. The number of carbonyl (C=O) groups is 1. The first kappa shape index (κ1) is 20.2. The molecule has 2 unspecified atom stereocenters. The maximum absolute atomic E-state index is 11.4.